The lowest BCUT2D eigenvalue weighted by Crippen LogP contribution is -2.58. The summed E-state index contributed by atoms with van der Waals surface area (Å²) in [6.45, 7) is 0.581. The number of hydrogen-bond donors (Lipinski definition) is 1. The van der Waals surface area contributed by atoms with Crippen molar-refractivity contribution >= 4 is 22.6 Å². The summed E-state index contributed by atoms with van der Waals surface area (Å²) in [5.74, 6) is 0.364. The van der Waals surface area contributed by atoms with Gasteiger partial charge in [-0.25, -0.2) is 0 Å². The van der Waals surface area contributed by atoms with Gasteiger partial charge in [0.05, 0.1) is 6.54 Å². The van der Waals surface area contributed by atoms with Gasteiger partial charge in [-0.2, -0.15) is 0 Å². The van der Waals surface area contributed by atoms with Gasteiger partial charge in [-0.15, -0.1) is 0 Å². The molecule has 2 rings (SSSR count). The molecule has 6 heteroatoms. The minimum Gasteiger partial charge on any atom is -0.342 e. The van der Waals surface area contributed by atoms with Crippen molar-refractivity contribution < 1.29 is 13.8 Å². The van der Waals surface area contributed by atoms with Crippen LogP contribution in [-0.4, -0.2) is 52.1 Å². The molecule has 1 heterocycles. The van der Waals surface area contributed by atoms with Crippen molar-refractivity contribution in [2.24, 2.45) is 0 Å². The molecule has 1 aliphatic rings. The van der Waals surface area contributed by atoms with Crippen LogP contribution in [0.1, 0.15) is 12.0 Å². The Kier molecular flexibility index (Phi) is 5.50. The molecule has 0 aromatic heterocycles. The number of amides is 2. The highest BCUT2D eigenvalue weighted by Gasteiger charge is 2.32. The number of benzene rings is 1. The van der Waals surface area contributed by atoms with Gasteiger partial charge in [0, 0.05) is 35.8 Å². The lowest BCUT2D eigenvalue weighted by molar-refractivity contribution is -0.144. The predicted molar refractivity (Wildman–Crippen MR) is 82.2 cm³/mol. The minimum atomic E-state index is -0.869. The number of hydrogen-bond acceptors (Lipinski definition) is 3. The lowest BCUT2D eigenvalue weighted by atomic mass is 10.0. The second kappa shape index (κ2) is 7.36. The van der Waals surface area contributed by atoms with Gasteiger partial charge in [0.1, 0.15) is 6.04 Å². The lowest BCUT2D eigenvalue weighted by Gasteiger charge is -2.32. The zero-order chi connectivity index (χ0) is 15.2. The quantitative estimate of drug-likeness (QED) is 0.823. The van der Waals surface area contributed by atoms with E-state index in [-0.39, 0.29) is 18.4 Å². The molecule has 1 aromatic rings. The third kappa shape index (κ3) is 4.67. The summed E-state index contributed by atoms with van der Waals surface area (Å²) in [6.07, 6.45) is 2.80. The summed E-state index contributed by atoms with van der Waals surface area (Å²) in [5, 5.41) is 2.75. The van der Waals surface area contributed by atoms with Crippen molar-refractivity contribution in [2.75, 3.05) is 25.1 Å². The van der Waals surface area contributed by atoms with E-state index < -0.39 is 16.8 Å². The van der Waals surface area contributed by atoms with Crippen LogP contribution >= 0.6 is 0 Å². The summed E-state index contributed by atoms with van der Waals surface area (Å²) < 4.78 is 11.1. The normalized spacial score (nSPS) is 20.2. The first kappa shape index (κ1) is 15.7. The van der Waals surface area contributed by atoms with Gasteiger partial charge in [-0.05, 0) is 12.0 Å². The molecule has 114 valence electrons. The molecule has 0 radical (unpaired) electrons. The highest BCUT2D eigenvalue weighted by atomic mass is 32.2. The molecule has 0 saturated carbocycles. The molecule has 0 aliphatic carbocycles. The van der Waals surface area contributed by atoms with Crippen LogP contribution in [0, 0.1) is 0 Å². The van der Waals surface area contributed by atoms with Crippen molar-refractivity contribution in [1.82, 2.24) is 10.2 Å². The molecule has 2 unspecified atom stereocenters. The molecule has 1 N–H and O–H groups in total. The average Bonchev–Trinajstić information content (AvgIpc) is 2.44. The van der Waals surface area contributed by atoms with Crippen LogP contribution in [0.2, 0.25) is 0 Å². The maximum Gasteiger partial charge on any atom is 0.245 e. The van der Waals surface area contributed by atoms with Crippen LogP contribution in [0.4, 0.5) is 0 Å². The number of carbonyl (C=O) groups is 2. The maximum absolute atomic E-state index is 12.4. The number of rotatable bonds is 6. The molecule has 1 fully saturated rings. The Hall–Kier alpha value is -1.69. The van der Waals surface area contributed by atoms with Crippen LogP contribution in [-0.2, 0) is 26.8 Å². The van der Waals surface area contributed by atoms with Gasteiger partial charge in [0.2, 0.25) is 11.8 Å². The molecule has 1 saturated heterocycles. The van der Waals surface area contributed by atoms with Gasteiger partial charge in [0.25, 0.3) is 0 Å². The first-order valence-corrected chi connectivity index (χ1v) is 8.71. The average molecular weight is 308 g/mol. The number of piperazine rings is 1. The Bertz CT molecular complexity index is 533. The van der Waals surface area contributed by atoms with Crippen LogP contribution in [0.5, 0.6) is 0 Å². The predicted octanol–water partition coefficient (Wildman–Crippen LogP) is 0.325. The first-order valence-electron chi connectivity index (χ1n) is 6.98. The summed E-state index contributed by atoms with van der Waals surface area (Å²) in [7, 11) is -0.869. The standard InChI is InChI=1S/C15H20N2O3S/c1-21(20)9-5-8-17-11-14(18)16-13(15(17)19)10-12-6-3-2-4-7-12/h2-4,6-7,13H,5,8-11H2,1H3,(H,16,18). The third-order valence-corrected chi connectivity index (χ3v) is 4.29. The van der Waals surface area contributed by atoms with Crippen molar-refractivity contribution in [3.8, 4) is 0 Å². The minimum absolute atomic E-state index is 0.0552. The van der Waals surface area contributed by atoms with Crippen LogP contribution < -0.4 is 5.32 Å². The second-order valence-electron chi connectivity index (χ2n) is 5.20. The Morgan fingerprint density at radius 2 is 2.00 bits per heavy atom. The van der Waals surface area contributed by atoms with Crippen LogP contribution in [0.3, 0.4) is 0 Å². The Morgan fingerprint density at radius 1 is 1.29 bits per heavy atom. The number of nitrogens with zero attached hydrogens (tertiary/aromatic N) is 1. The van der Waals surface area contributed by atoms with E-state index in [9.17, 15) is 13.8 Å². The van der Waals surface area contributed by atoms with E-state index in [1.165, 1.54) is 0 Å². The van der Waals surface area contributed by atoms with Crippen LogP contribution in [0.25, 0.3) is 0 Å². The fourth-order valence-corrected chi connectivity index (χ4v) is 2.95. The van der Waals surface area contributed by atoms with Crippen LogP contribution in [0.15, 0.2) is 30.3 Å². The number of nitrogens with one attached hydrogen (secondary N) is 1. The largest absolute Gasteiger partial charge is 0.342 e. The monoisotopic (exact) mass is 308 g/mol. The van der Waals surface area contributed by atoms with E-state index in [0.717, 1.165) is 5.56 Å². The molecule has 2 amide bonds. The summed E-state index contributed by atoms with van der Waals surface area (Å²) in [6, 6.07) is 9.14. The van der Waals surface area contributed by atoms with E-state index in [0.29, 0.717) is 25.1 Å². The molecular weight excluding hydrogens is 288 g/mol. The summed E-state index contributed by atoms with van der Waals surface area (Å²) in [5.41, 5.74) is 1.02. The highest BCUT2D eigenvalue weighted by molar-refractivity contribution is 7.84. The molecule has 1 aliphatic heterocycles. The molecular formula is C15H20N2O3S. The maximum atomic E-state index is 12.4. The molecule has 0 spiro atoms. The van der Waals surface area contributed by atoms with Gasteiger partial charge in [-0.3, -0.25) is 13.8 Å². The Labute approximate surface area is 127 Å². The fraction of sp³-hybridized carbons (Fsp3) is 0.467. The topological polar surface area (TPSA) is 66.5 Å². The van der Waals surface area contributed by atoms with E-state index in [1.807, 2.05) is 30.3 Å². The zero-order valence-corrected chi connectivity index (χ0v) is 12.9. The summed E-state index contributed by atoms with van der Waals surface area (Å²) >= 11 is 0. The molecule has 21 heavy (non-hydrogen) atoms. The van der Waals surface area contributed by atoms with E-state index in [1.54, 1.807) is 11.2 Å². The molecule has 2 atom stereocenters. The van der Waals surface area contributed by atoms with Crippen molar-refractivity contribution in [3.63, 3.8) is 0 Å². The van der Waals surface area contributed by atoms with Gasteiger partial charge in [0.15, 0.2) is 0 Å². The zero-order valence-electron chi connectivity index (χ0n) is 12.1. The van der Waals surface area contributed by atoms with Crippen molar-refractivity contribution in [1.29, 1.82) is 0 Å². The van der Waals surface area contributed by atoms with Gasteiger partial charge < -0.3 is 10.2 Å². The Morgan fingerprint density at radius 3 is 2.67 bits per heavy atom. The Balaban J connectivity index is 1.96. The van der Waals surface area contributed by atoms with Gasteiger partial charge >= 0.3 is 0 Å². The first-order chi connectivity index (χ1) is 10.1. The van der Waals surface area contributed by atoms with Crippen molar-refractivity contribution in [3.05, 3.63) is 35.9 Å². The highest BCUT2D eigenvalue weighted by Crippen LogP contribution is 2.10. The SMILES string of the molecule is CS(=O)CCCN1CC(=O)NC(Cc2ccccc2)C1=O. The molecule has 5 nitrogen and oxygen atoms in total. The van der Waals surface area contributed by atoms with Crippen molar-refractivity contribution in [2.45, 2.75) is 18.9 Å². The number of carbonyl (C=O) groups excluding carboxylic acids is 2. The molecule has 1 aromatic carbocycles. The van der Waals surface area contributed by atoms with Gasteiger partial charge in [-0.1, -0.05) is 30.3 Å². The third-order valence-electron chi connectivity index (χ3n) is 3.42. The van der Waals surface area contributed by atoms with E-state index in [2.05, 4.69) is 5.32 Å². The van der Waals surface area contributed by atoms with E-state index in [4.69, 9.17) is 0 Å². The molecule has 0 bridgehead atoms. The summed E-state index contributed by atoms with van der Waals surface area (Å²) in [4.78, 5) is 25.7. The smallest absolute Gasteiger partial charge is 0.245 e. The van der Waals surface area contributed by atoms with E-state index >= 15 is 0 Å². The second-order valence-corrected chi connectivity index (χ2v) is 6.76. The fourth-order valence-electron chi connectivity index (χ4n) is 2.41.